The molecule has 2 heteroatoms. The fourth-order valence-corrected chi connectivity index (χ4v) is 2.37. The second-order valence-corrected chi connectivity index (χ2v) is 5.71. The van der Waals surface area contributed by atoms with E-state index in [1.54, 1.807) is 0 Å². The Morgan fingerprint density at radius 3 is 2.27 bits per heavy atom. The Kier molecular flexibility index (Phi) is 4.60. The largest absolute Gasteiger partial charge is 0.389 e. The fraction of sp³-hybridized carbons (Fsp3) is 1.00. The van der Waals surface area contributed by atoms with Gasteiger partial charge in [0.05, 0.1) is 5.60 Å². The Morgan fingerprint density at radius 1 is 1.33 bits per heavy atom. The molecule has 0 bridgehead atoms. The Balaban J connectivity index is 2.32. The van der Waals surface area contributed by atoms with Crippen molar-refractivity contribution in [2.75, 3.05) is 19.6 Å². The quantitative estimate of drug-likeness (QED) is 0.775. The molecule has 1 atom stereocenters. The molecule has 0 aliphatic carbocycles. The van der Waals surface area contributed by atoms with Gasteiger partial charge in [-0.3, -0.25) is 0 Å². The molecular weight excluding hydrogens is 186 g/mol. The van der Waals surface area contributed by atoms with Gasteiger partial charge in [0.25, 0.3) is 0 Å². The van der Waals surface area contributed by atoms with Crippen LogP contribution in [-0.2, 0) is 0 Å². The maximum Gasteiger partial charge on any atom is 0.0743 e. The topological polar surface area (TPSA) is 23.5 Å². The summed E-state index contributed by atoms with van der Waals surface area (Å²) in [5, 5.41) is 10.0. The van der Waals surface area contributed by atoms with Crippen LogP contribution in [0.3, 0.4) is 0 Å². The van der Waals surface area contributed by atoms with Crippen LogP contribution in [-0.4, -0.2) is 35.2 Å². The first-order chi connectivity index (χ1) is 6.94. The number of aliphatic hydroxyl groups is 1. The van der Waals surface area contributed by atoms with Crippen LogP contribution in [0, 0.1) is 11.8 Å². The van der Waals surface area contributed by atoms with Crippen molar-refractivity contribution in [3.63, 3.8) is 0 Å². The van der Waals surface area contributed by atoms with E-state index in [2.05, 4.69) is 25.7 Å². The van der Waals surface area contributed by atoms with E-state index in [-0.39, 0.29) is 0 Å². The van der Waals surface area contributed by atoms with E-state index < -0.39 is 5.60 Å². The van der Waals surface area contributed by atoms with E-state index in [4.69, 9.17) is 0 Å². The van der Waals surface area contributed by atoms with Gasteiger partial charge in [-0.05, 0) is 51.1 Å². The van der Waals surface area contributed by atoms with Crippen molar-refractivity contribution in [3.05, 3.63) is 0 Å². The molecule has 1 fully saturated rings. The molecule has 0 radical (unpaired) electrons. The highest BCUT2D eigenvalue weighted by Gasteiger charge is 2.26. The van der Waals surface area contributed by atoms with E-state index in [1.807, 2.05) is 6.92 Å². The number of likely N-dealkylation sites (tertiary alicyclic amines) is 1. The Bertz CT molecular complexity index is 181. The normalized spacial score (nSPS) is 24.4. The number of nitrogens with zero attached hydrogens (tertiary/aromatic N) is 1. The van der Waals surface area contributed by atoms with Gasteiger partial charge in [0.1, 0.15) is 0 Å². The maximum atomic E-state index is 10.0. The van der Waals surface area contributed by atoms with Gasteiger partial charge in [-0.15, -0.1) is 0 Å². The Morgan fingerprint density at radius 2 is 1.87 bits per heavy atom. The van der Waals surface area contributed by atoms with Gasteiger partial charge in [0, 0.05) is 6.54 Å². The van der Waals surface area contributed by atoms with E-state index in [9.17, 15) is 5.11 Å². The van der Waals surface area contributed by atoms with Crippen molar-refractivity contribution in [3.8, 4) is 0 Å². The van der Waals surface area contributed by atoms with Gasteiger partial charge >= 0.3 is 0 Å². The van der Waals surface area contributed by atoms with Crippen LogP contribution in [0.4, 0.5) is 0 Å². The van der Waals surface area contributed by atoms with Gasteiger partial charge in [-0.25, -0.2) is 0 Å². The molecular formula is C13H27NO. The van der Waals surface area contributed by atoms with Crippen molar-refractivity contribution in [2.24, 2.45) is 11.8 Å². The smallest absolute Gasteiger partial charge is 0.0743 e. The zero-order valence-electron chi connectivity index (χ0n) is 10.8. The van der Waals surface area contributed by atoms with Crippen LogP contribution in [0.2, 0.25) is 0 Å². The minimum Gasteiger partial charge on any atom is -0.389 e. The van der Waals surface area contributed by atoms with Crippen molar-refractivity contribution < 1.29 is 5.11 Å². The molecule has 0 aromatic carbocycles. The molecule has 0 saturated carbocycles. The van der Waals surface area contributed by atoms with Gasteiger partial charge in [0.2, 0.25) is 0 Å². The first-order valence-corrected chi connectivity index (χ1v) is 6.39. The second-order valence-electron chi connectivity index (χ2n) is 5.71. The van der Waals surface area contributed by atoms with Crippen LogP contribution in [0.25, 0.3) is 0 Å². The average molecular weight is 213 g/mol. The molecule has 0 amide bonds. The molecule has 0 aromatic heterocycles. The lowest BCUT2D eigenvalue weighted by atomic mass is 9.86. The number of β-amino-alcohol motifs (C(OH)–C–C–N with tert-alkyl or cyclic N) is 1. The highest BCUT2D eigenvalue weighted by Crippen LogP contribution is 2.25. The van der Waals surface area contributed by atoms with Crippen LogP contribution >= 0.6 is 0 Å². The Hall–Kier alpha value is -0.0800. The number of piperidine rings is 1. The highest BCUT2D eigenvalue weighted by molar-refractivity contribution is 4.80. The van der Waals surface area contributed by atoms with Crippen molar-refractivity contribution in [2.45, 2.75) is 52.6 Å². The SMILES string of the molecule is CCC(C)(O)CN1CCC(C(C)C)CC1. The molecule has 1 aliphatic heterocycles. The summed E-state index contributed by atoms with van der Waals surface area (Å²) in [6.07, 6.45) is 3.45. The molecule has 2 nitrogen and oxygen atoms in total. The van der Waals surface area contributed by atoms with Gasteiger partial charge in [0.15, 0.2) is 0 Å². The zero-order chi connectivity index (χ0) is 11.5. The standard InChI is InChI=1S/C13H27NO/c1-5-13(4,15)10-14-8-6-12(7-9-14)11(2)3/h11-12,15H,5-10H2,1-4H3. The number of hydrogen-bond donors (Lipinski definition) is 1. The van der Waals surface area contributed by atoms with E-state index >= 15 is 0 Å². The van der Waals surface area contributed by atoms with E-state index in [0.717, 1.165) is 24.8 Å². The first kappa shape index (κ1) is 13.0. The third kappa shape index (κ3) is 4.12. The predicted molar refractivity (Wildman–Crippen MR) is 64.9 cm³/mol. The predicted octanol–water partition coefficient (Wildman–Crippen LogP) is 2.52. The summed E-state index contributed by atoms with van der Waals surface area (Å²) in [6, 6.07) is 0. The lowest BCUT2D eigenvalue weighted by Crippen LogP contribution is -2.44. The molecule has 0 aromatic rings. The van der Waals surface area contributed by atoms with Gasteiger partial charge < -0.3 is 10.0 Å². The molecule has 1 N–H and O–H groups in total. The summed E-state index contributed by atoms with van der Waals surface area (Å²) >= 11 is 0. The third-order valence-corrected chi connectivity index (χ3v) is 3.90. The van der Waals surface area contributed by atoms with Crippen LogP contribution in [0.1, 0.15) is 47.0 Å². The van der Waals surface area contributed by atoms with Crippen molar-refractivity contribution >= 4 is 0 Å². The minimum absolute atomic E-state index is 0.495. The molecule has 1 unspecified atom stereocenters. The summed E-state index contributed by atoms with van der Waals surface area (Å²) in [5.41, 5.74) is -0.495. The second kappa shape index (κ2) is 5.31. The van der Waals surface area contributed by atoms with Crippen LogP contribution < -0.4 is 0 Å². The summed E-state index contributed by atoms with van der Waals surface area (Å²) in [7, 11) is 0. The van der Waals surface area contributed by atoms with E-state index in [0.29, 0.717) is 0 Å². The van der Waals surface area contributed by atoms with E-state index in [1.165, 1.54) is 25.9 Å². The molecule has 15 heavy (non-hydrogen) atoms. The molecule has 1 aliphatic rings. The summed E-state index contributed by atoms with van der Waals surface area (Å²) in [4.78, 5) is 2.42. The van der Waals surface area contributed by atoms with Gasteiger partial charge in [-0.1, -0.05) is 20.8 Å². The van der Waals surface area contributed by atoms with Crippen molar-refractivity contribution in [1.29, 1.82) is 0 Å². The molecule has 0 spiro atoms. The minimum atomic E-state index is -0.495. The average Bonchev–Trinajstić information content (AvgIpc) is 2.18. The van der Waals surface area contributed by atoms with Crippen LogP contribution in [0.5, 0.6) is 0 Å². The molecule has 1 rings (SSSR count). The molecule has 1 heterocycles. The number of rotatable bonds is 4. The highest BCUT2D eigenvalue weighted by atomic mass is 16.3. The monoisotopic (exact) mass is 213 g/mol. The third-order valence-electron chi connectivity index (χ3n) is 3.90. The lowest BCUT2D eigenvalue weighted by molar-refractivity contribution is 0.00425. The first-order valence-electron chi connectivity index (χ1n) is 6.39. The number of hydrogen-bond acceptors (Lipinski definition) is 2. The summed E-state index contributed by atoms with van der Waals surface area (Å²) in [5.74, 6) is 1.71. The summed E-state index contributed by atoms with van der Waals surface area (Å²) in [6.45, 7) is 11.8. The van der Waals surface area contributed by atoms with Crippen molar-refractivity contribution in [1.82, 2.24) is 4.90 Å². The maximum absolute atomic E-state index is 10.0. The lowest BCUT2D eigenvalue weighted by Gasteiger charge is -2.37. The van der Waals surface area contributed by atoms with Gasteiger partial charge in [-0.2, -0.15) is 0 Å². The molecule has 1 saturated heterocycles. The fourth-order valence-electron chi connectivity index (χ4n) is 2.37. The summed E-state index contributed by atoms with van der Waals surface area (Å²) < 4.78 is 0. The zero-order valence-corrected chi connectivity index (χ0v) is 10.8. The van der Waals surface area contributed by atoms with Crippen LogP contribution in [0.15, 0.2) is 0 Å². The Labute approximate surface area is 94.7 Å². The molecule has 90 valence electrons.